The average molecular weight is 302 g/mol. The van der Waals surface area contributed by atoms with Crippen LogP contribution in [0.15, 0.2) is 17.2 Å². The molecule has 0 radical (unpaired) electrons. The molecule has 0 saturated carbocycles. The molecule has 0 spiro atoms. The van der Waals surface area contributed by atoms with Crippen molar-refractivity contribution in [2.75, 3.05) is 0 Å². The van der Waals surface area contributed by atoms with E-state index in [0.29, 0.717) is 18.6 Å². The standard InChI is InChI=1S/C15H23BN4O2/c1-10-11(6-13(19-20-18)7-12(10)9-17)8-16-21-14(2,3)15(4,5)22-16/h6-7H,8-9,17H2,1-5H3. The average Bonchev–Trinajstić information content (AvgIpc) is 2.61. The van der Waals surface area contributed by atoms with Crippen molar-refractivity contribution < 1.29 is 9.31 Å². The maximum Gasteiger partial charge on any atom is 0.462 e. The highest BCUT2D eigenvalue weighted by Gasteiger charge is 2.50. The minimum atomic E-state index is -0.356. The van der Waals surface area contributed by atoms with Crippen molar-refractivity contribution in [3.05, 3.63) is 39.3 Å². The van der Waals surface area contributed by atoms with Crippen molar-refractivity contribution in [1.29, 1.82) is 0 Å². The molecule has 0 aromatic heterocycles. The van der Waals surface area contributed by atoms with Gasteiger partial charge in [-0.25, -0.2) is 0 Å². The van der Waals surface area contributed by atoms with Gasteiger partial charge in [-0.15, -0.1) is 0 Å². The van der Waals surface area contributed by atoms with E-state index < -0.39 is 0 Å². The molecular formula is C15H23BN4O2. The first-order valence-corrected chi connectivity index (χ1v) is 7.43. The molecule has 7 heteroatoms. The van der Waals surface area contributed by atoms with E-state index in [2.05, 4.69) is 10.0 Å². The van der Waals surface area contributed by atoms with Crippen LogP contribution in [0.5, 0.6) is 0 Å². The Balaban J connectivity index is 2.30. The van der Waals surface area contributed by atoms with E-state index in [0.717, 1.165) is 16.7 Å². The largest absolute Gasteiger partial charge is 0.462 e. The molecule has 1 aromatic carbocycles. The number of nitrogens with two attached hydrogens (primary N) is 1. The topological polar surface area (TPSA) is 93.2 Å². The van der Waals surface area contributed by atoms with Crippen LogP contribution in [0.3, 0.4) is 0 Å². The summed E-state index contributed by atoms with van der Waals surface area (Å²) in [4.78, 5) is 2.85. The maximum absolute atomic E-state index is 8.64. The fourth-order valence-electron chi connectivity index (χ4n) is 2.58. The smallest absolute Gasteiger partial charge is 0.403 e. The summed E-state index contributed by atoms with van der Waals surface area (Å²) in [6.07, 6.45) is 0.598. The quantitative estimate of drug-likeness (QED) is 0.399. The summed E-state index contributed by atoms with van der Waals surface area (Å²) >= 11 is 0. The van der Waals surface area contributed by atoms with E-state index in [1.54, 1.807) is 0 Å². The minimum Gasteiger partial charge on any atom is -0.403 e. The molecule has 22 heavy (non-hydrogen) atoms. The summed E-state index contributed by atoms with van der Waals surface area (Å²) in [5.41, 5.74) is 17.4. The second-order valence-electron chi connectivity index (χ2n) is 6.67. The van der Waals surface area contributed by atoms with Gasteiger partial charge in [-0.2, -0.15) is 0 Å². The van der Waals surface area contributed by atoms with Gasteiger partial charge in [-0.3, -0.25) is 0 Å². The second-order valence-corrected chi connectivity index (χ2v) is 6.67. The minimum absolute atomic E-state index is 0.323. The third kappa shape index (κ3) is 3.13. The molecular weight excluding hydrogens is 279 g/mol. The zero-order valence-electron chi connectivity index (χ0n) is 13.9. The molecule has 118 valence electrons. The summed E-state index contributed by atoms with van der Waals surface area (Å²) in [6.45, 7) is 10.5. The summed E-state index contributed by atoms with van der Waals surface area (Å²) < 4.78 is 12.1. The SMILES string of the molecule is Cc1c(CN)cc(N=[N+]=[N-])cc1CB1OC(C)(C)C(C)(C)O1. The van der Waals surface area contributed by atoms with E-state index >= 15 is 0 Å². The van der Waals surface area contributed by atoms with Gasteiger partial charge in [0.1, 0.15) is 0 Å². The van der Waals surface area contributed by atoms with Crippen molar-refractivity contribution in [2.45, 2.75) is 58.7 Å². The number of azide groups is 1. The summed E-state index contributed by atoms with van der Waals surface area (Å²) in [5, 5.41) is 3.69. The molecule has 6 nitrogen and oxygen atoms in total. The maximum atomic E-state index is 8.64. The fraction of sp³-hybridized carbons (Fsp3) is 0.600. The van der Waals surface area contributed by atoms with Crippen LogP contribution in [0.1, 0.15) is 44.4 Å². The molecule has 1 aromatic rings. The van der Waals surface area contributed by atoms with Crippen molar-refractivity contribution >= 4 is 12.8 Å². The van der Waals surface area contributed by atoms with Crippen molar-refractivity contribution in [3.8, 4) is 0 Å². The Hall–Kier alpha value is -1.53. The summed E-state index contributed by atoms with van der Waals surface area (Å²) in [7, 11) is -0.323. The van der Waals surface area contributed by atoms with Crippen molar-refractivity contribution in [1.82, 2.24) is 0 Å². The normalized spacial score (nSPS) is 19.1. The molecule has 2 N–H and O–H groups in total. The monoisotopic (exact) mass is 302 g/mol. The molecule has 0 aliphatic carbocycles. The van der Waals surface area contributed by atoms with Crippen LogP contribution in [-0.4, -0.2) is 18.3 Å². The predicted molar refractivity (Wildman–Crippen MR) is 87.7 cm³/mol. The van der Waals surface area contributed by atoms with Crippen LogP contribution in [0.25, 0.3) is 10.4 Å². The lowest BCUT2D eigenvalue weighted by molar-refractivity contribution is 0.00578. The third-order valence-electron chi connectivity index (χ3n) is 4.68. The highest BCUT2D eigenvalue weighted by Crippen LogP contribution is 2.38. The van der Waals surface area contributed by atoms with Crippen molar-refractivity contribution in [2.24, 2.45) is 10.8 Å². The van der Waals surface area contributed by atoms with Gasteiger partial charge >= 0.3 is 7.12 Å². The van der Waals surface area contributed by atoms with Gasteiger partial charge in [-0.05, 0) is 69.0 Å². The molecule has 0 amide bonds. The Morgan fingerprint density at radius 2 is 1.73 bits per heavy atom. The Morgan fingerprint density at radius 3 is 2.23 bits per heavy atom. The van der Waals surface area contributed by atoms with Gasteiger partial charge in [0.15, 0.2) is 0 Å². The lowest BCUT2D eigenvalue weighted by Crippen LogP contribution is -2.41. The number of benzene rings is 1. The lowest BCUT2D eigenvalue weighted by Gasteiger charge is -2.32. The van der Waals surface area contributed by atoms with E-state index in [1.807, 2.05) is 46.8 Å². The lowest BCUT2D eigenvalue weighted by atomic mass is 9.78. The molecule has 1 saturated heterocycles. The number of nitrogens with zero attached hydrogens (tertiary/aromatic N) is 3. The second kappa shape index (κ2) is 5.93. The van der Waals surface area contributed by atoms with Crippen molar-refractivity contribution in [3.63, 3.8) is 0 Å². The molecule has 1 aliphatic heterocycles. The molecule has 1 aliphatic rings. The zero-order valence-corrected chi connectivity index (χ0v) is 13.9. The van der Waals surface area contributed by atoms with E-state index in [9.17, 15) is 0 Å². The molecule has 1 fully saturated rings. The van der Waals surface area contributed by atoms with Crippen LogP contribution in [0.2, 0.25) is 0 Å². The van der Waals surface area contributed by atoms with Crippen LogP contribution in [0.4, 0.5) is 5.69 Å². The van der Waals surface area contributed by atoms with Crippen LogP contribution in [-0.2, 0) is 22.2 Å². The Kier molecular flexibility index (Phi) is 4.54. The van der Waals surface area contributed by atoms with E-state index in [-0.39, 0.29) is 18.3 Å². The predicted octanol–water partition coefficient (Wildman–Crippen LogP) is 3.57. The van der Waals surface area contributed by atoms with Gasteiger partial charge in [-0.1, -0.05) is 5.11 Å². The molecule has 0 atom stereocenters. The molecule has 0 bridgehead atoms. The van der Waals surface area contributed by atoms with E-state index in [4.69, 9.17) is 20.6 Å². The third-order valence-corrected chi connectivity index (χ3v) is 4.68. The summed E-state index contributed by atoms with van der Waals surface area (Å²) in [6, 6.07) is 3.70. The van der Waals surface area contributed by atoms with Gasteiger partial charge < -0.3 is 15.0 Å². The fourth-order valence-corrected chi connectivity index (χ4v) is 2.58. The first kappa shape index (κ1) is 16.8. The first-order chi connectivity index (χ1) is 10.2. The molecule has 1 heterocycles. The Morgan fingerprint density at radius 1 is 1.18 bits per heavy atom. The number of rotatable bonds is 4. The molecule has 2 rings (SSSR count). The van der Waals surface area contributed by atoms with Crippen LogP contribution < -0.4 is 5.73 Å². The number of hydrogen-bond donors (Lipinski definition) is 1. The Bertz CT molecular complexity index is 608. The van der Waals surface area contributed by atoms with Gasteiger partial charge in [0.05, 0.1) is 11.2 Å². The highest BCUT2D eigenvalue weighted by atomic mass is 16.7. The molecule has 0 unspecified atom stereocenters. The Labute approximate surface area is 131 Å². The zero-order chi connectivity index (χ0) is 16.5. The van der Waals surface area contributed by atoms with Crippen LogP contribution >= 0.6 is 0 Å². The number of hydrogen-bond acceptors (Lipinski definition) is 4. The van der Waals surface area contributed by atoms with Crippen LogP contribution in [0, 0.1) is 6.92 Å². The van der Waals surface area contributed by atoms with Gasteiger partial charge in [0.2, 0.25) is 0 Å². The summed E-state index contributed by atoms with van der Waals surface area (Å²) in [5.74, 6) is 0. The van der Waals surface area contributed by atoms with Gasteiger partial charge in [0.25, 0.3) is 0 Å². The van der Waals surface area contributed by atoms with Gasteiger partial charge in [0, 0.05) is 23.5 Å². The first-order valence-electron chi connectivity index (χ1n) is 7.43. The highest BCUT2D eigenvalue weighted by molar-refractivity contribution is 6.45. The van der Waals surface area contributed by atoms with E-state index in [1.165, 1.54) is 0 Å².